The molecule has 2 aromatic carbocycles. The molecule has 4 rings (SSSR count). The molecular weight excluding hydrogens is 314 g/mol. The first-order valence-electron chi connectivity index (χ1n) is 6.94. The topological polar surface area (TPSA) is 55.2 Å². The van der Waals surface area contributed by atoms with Crippen molar-refractivity contribution in [2.75, 3.05) is 4.90 Å². The van der Waals surface area contributed by atoms with Crippen LogP contribution < -0.4 is 4.90 Å². The average molecular weight is 324 g/mol. The van der Waals surface area contributed by atoms with Crippen molar-refractivity contribution in [1.29, 1.82) is 0 Å². The van der Waals surface area contributed by atoms with Crippen molar-refractivity contribution in [1.82, 2.24) is 9.78 Å². The molecule has 0 N–H and O–H groups in total. The molecule has 0 spiro atoms. The number of hydrogen-bond donors (Lipinski definition) is 0. The fraction of sp³-hybridized carbons (Fsp3) is 0. The van der Waals surface area contributed by atoms with Crippen LogP contribution in [0.1, 0.15) is 20.7 Å². The molecule has 0 radical (unpaired) electrons. The Morgan fingerprint density at radius 3 is 2.17 bits per heavy atom. The monoisotopic (exact) mass is 323 g/mol. The summed E-state index contributed by atoms with van der Waals surface area (Å²) in [5.41, 5.74) is 1.93. The number of aromatic nitrogens is 2. The number of nitrogens with zero attached hydrogens (tertiary/aromatic N) is 3. The Balaban J connectivity index is 1.77. The van der Waals surface area contributed by atoms with Gasteiger partial charge in [0.1, 0.15) is 0 Å². The lowest BCUT2D eigenvalue weighted by molar-refractivity contribution is 0.0926. The Labute approximate surface area is 136 Å². The predicted molar refractivity (Wildman–Crippen MR) is 86.2 cm³/mol. The van der Waals surface area contributed by atoms with Crippen LogP contribution in [0.25, 0.3) is 5.69 Å². The second-order valence-corrected chi connectivity index (χ2v) is 5.48. The van der Waals surface area contributed by atoms with Gasteiger partial charge in [-0.25, -0.2) is 9.58 Å². The number of halogens is 1. The maximum atomic E-state index is 12.5. The predicted octanol–water partition coefficient (Wildman–Crippen LogP) is 3.33. The Bertz CT molecular complexity index is 900. The molecule has 1 aliphatic heterocycles. The number of anilines is 1. The van der Waals surface area contributed by atoms with E-state index in [9.17, 15) is 9.59 Å². The van der Waals surface area contributed by atoms with Crippen LogP contribution >= 0.6 is 11.6 Å². The van der Waals surface area contributed by atoms with Gasteiger partial charge in [-0.3, -0.25) is 9.59 Å². The van der Waals surface area contributed by atoms with E-state index in [-0.39, 0.29) is 11.8 Å². The number of rotatable bonds is 2. The summed E-state index contributed by atoms with van der Waals surface area (Å²) in [7, 11) is 0. The number of amides is 2. The van der Waals surface area contributed by atoms with Crippen molar-refractivity contribution >= 4 is 29.1 Å². The van der Waals surface area contributed by atoms with Crippen molar-refractivity contribution < 1.29 is 9.59 Å². The number of fused-ring (bicyclic) bond motifs is 1. The average Bonchev–Trinajstić information content (AvgIpc) is 3.16. The summed E-state index contributed by atoms with van der Waals surface area (Å²) >= 11 is 6.30. The van der Waals surface area contributed by atoms with E-state index in [2.05, 4.69) is 5.10 Å². The first-order chi connectivity index (χ1) is 11.2. The van der Waals surface area contributed by atoms with Gasteiger partial charge in [0, 0.05) is 12.4 Å². The van der Waals surface area contributed by atoms with Gasteiger partial charge >= 0.3 is 0 Å². The summed E-state index contributed by atoms with van der Waals surface area (Å²) in [6.07, 6.45) is 3.41. The Morgan fingerprint density at radius 1 is 0.913 bits per heavy atom. The molecular formula is C17H10ClN3O2. The zero-order valence-electron chi connectivity index (χ0n) is 11.8. The summed E-state index contributed by atoms with van der Waals surface area (Å²) in [6.45, 7) is 0. The summed E-state index contributed by atoms with van der Waals surface area (Å²) in [5.74, 6) is -0.679. The normalized spacial score (nSPS) is 13.5. The molecule has 0 atom stereocenters. The number of imide groups is 1. The van der Waals surface area contributed by atoms with Crippen LogP contribution in [0.3, 0.4) is 0 Å². The lowest BCUT2D eigenvalue weighted by Crippen LogP contribution is -2.29. The zero-order chi connectivity index (χ0) is 16.0. The molecule has 1 aliphatic rings. The van der Waals surface area contributed by atoms with E-state index in [1.54, 1.807) is 65.6 Å². The molecule has 1 aromatic heterocycles. The number of hydrogen-bond acceptors (Lipinski definition) is 3. The van der Waals surface area contributed by atoms with E-state index in [0.29, 0.717) is 27.5 Å². The highest BCUT2D eigenvalue weighted by molar-refractivity contribution is 6.36. The van der Waals surface area contributed by atoms with E-state index in [4.69, 9.17) is 11.6 Å². The second-order valence-electron chi connectivity index (χ2n) is 5.08. The summed E-state index contributed by atoms with van der Waals surface area (Å²) < 4.78 is 1.62. The molecule has 0 saturated carbocycles. The minimum atomic E-state index is -0.339. The zero-order valence-corrected chi connectivity index (χ0v) is 12.6. The molecule has 0 bridgehead atoms. The molecule has 3 aromatic rings. The van der Waals surface area contributed by atoms with Crippen molar-refractivity contribution in [3.8, 4) is 5.69 Å². The van der Waals surface area contributed by atoms with Crippen LogP contribution in [-0.2, 0) is 0 Å². The number of carbonyl (C=O) groups is 2. The molecule has 0 saturated heterocycles. The molecule has 112 valence electrons. The van der Waals surface area contributed by atoms with Gasteiger partial charge in [-0.2, -0.15) is 5.10 Å². The van der Waals surface area contributed by atoms with Crippen molar-refractivity contribution in [2.24, 2.45) is 0 Å². The first-order valence-corrected chi connectivity index (χ1v) is 7.32. The van der Waals surface area contributed by atoms with Gasteiger partial charge in [-0.05, 0) is 36.4 Å². The summed E-state index contributed by atoms with van der Waals surface area (Å²) in [6, 6.07) is 13.6. The summed E-state index contributed by atoms with van der Waals surface area (Å²) in [4.78, 5) is 26.1. The Hall–Kier alpha value is -2.92. The third kappa shape index (κ3) is 2.05. The quantitative estimate of drug-likeness (QED) is 0.680. The minimum absolute atomic E-state index is 0.339. The van der Waals surface area contributed by atoms with Gasteiger partial charge in [0.05, 0.1) is 27.5 Å². The van der Waals surface area contributed by atoms with Crippen LogP contribution in [0.5, 0.6) is 0 Å². The molecule has 23 heavy (non-hydrogen) atoms. The first kappa shape index (κ1) is 13.7. The lowest BCUT2D eigenvalue weighted by atomic mass is 10.1. The van der Waals surface area contributed by atoms with Crippen LogP contribution in [-0.4, -0.2) is 21.6 Å². The smallest absolute Gasteiger partial charge is 0.266 e. The van der Waals surface area contributed by atoms with Gasteiger partial charge in [0.15, 0.2) is 0 Å². The molecule has 2 amide bonds. The van der Waals surface area contributed by atoms with Gasteiger partial charge in [0.2, 0.25) is 0 Å². The lowest BCUT2D eigenvalue weighted by Gasteiger charge is -2.15. The van der Waals surface area contributed by atoms with Crippen molar-refractivity contribution in [3.63, 3.8) is 0 Å². The van der Waals surface area contributed by atoms with Crippen LogP contribution in [0, 0.1) is 0 Å². The highest BCUT2D eigenvalue weighted by atomic mass is 35.5. The maximum Gasteiger partial charge on any atom is 0.266 e. The van der Waals surface area contributed by atoms with Crippen molar-refractivity contribution in [3.05, 3.63) is 77.1 Å². The molecule has 0 aliphatic carbocycles. The van der Waals surface area contributed by atoms with E-state index >= 15 is 0 Å². The fourth-order valence-corrected chi connectivity index (χ4v) is 2.92. The molecule has 0 unspecified atom stereocenters. The van der Waals surface area contributed by atoms with E-state index in [1.807, 2.05) is 0 Å². The molecule has 6 heteroatoms. The van der Waals surface area contributed by atoms with Gasteiger partial charge in [0.25, 0.3) is 11.8 Å². The molecule has 2 heterocycles. The van der Waals surface area contributed by atoms with E-state index in [0.717, 1.165) is 4.90 Å². The summed E-state index contributed by atoms with van der Waals surface area (Å²) in [5, 5.41) is 4.53. The SMILES string of the molecule is O=C1c2ccccc2C(=O)N1c1ccc(-n2cccn2)c(Cl)c1. The third-order valence-electron chi connectivity index (χ3n) is 3.73. The molecule has 5 nitrogen and oxygen atoms in total. The minimum Gasteiger partial charge on any atom is -0.268 e. The van der Waals surface area contributed by atoms with Gasteiger partial charge in [-0.15, -0.1) is 0 Å². The van der Waals surface area contributed by atoms with Crippen LogP contribution in [0.2, 0.25) is 5.02 Å². The number of carbonyl (C=O) groups excluding carboxylic acids is 2. The largest absolute Gasteiger partial charge is 0.268 e. The Kier molecular flexibility index (Phi) is 3.02. The maximum absolute atomic E-state index is 12.5. The van der Waals surface area contributed by atoms with E-state index in [1.165, 1.54) is 0 Å². The highest BCUT2D eigenvalue weighted by Crippen LogP contribution is 2.32. The third-order valence-corrected chi connectivity index (χ3v) is 4.04. The molecule has 0 fully saturated rings. The highest BCUT2D eigenvalue weighted by Gasteiger charge is 2.36. The van der Waals surface area contributed by atoms with Gasteiger partial charge < -0.3 is 0 Å². The Morgan fingerprint density at radius 2 is 1.61 bits per heavy atom. The standard InChI is InChI=1S/C17H10ClN3O2/c18-14-10-11(6-7-15(14)20-9-3-8-19-20)21-16(22)12-4-1-2-5-13(12)17(21)23/h1-10H. The number of benzene rings is 2. The van der Waals surface area contributed by atoms with Crippen molar-refractivity contribution in [2.45, 2.75) is 0 Å². The van der Waals surface area contributed by atoms with Gasteiger partial charge in [-0.1, -0.05) is 23.7 Å². The van der Waals surface area contributed by atoms with Crippen LogP contribution in [0.15, 0.2) is 60.9 Å². The second kappa shape index (κ2) is 5.07. The van der Waals surface area contributed by atoms with Crippen LogP contribution in [0.4, 0.5) is 5.69 Å². The van der Waals surface area contributed by atoms with E-state index < -0.39 is 0 Å². The fourth-order valence-electron chi connectivity index (χ4n) is 2.66.